The lowest BCUT2D eigenvalue weighted by Crippen LogP contribution is -2.23. The smallest absolute Gasteiger partial charge is 0.195 e. The largest absolute Gasteiger partial charge is 0.295 e. The van der Waals surface area contributed by atoms with Crippen LogP contribution in [-0.4, -0.2) is 14.8 Å². The molecule has 1 N–H and O–H groups in total. The molecular weight excluding hydrogens is 310 g/mol. The molecule has 2 aromatic rings. The molecule has 0 radical (unpaired) electrons. The molecule has 3 nitrogen and oxygen atoms in total. The first-order valence-electron chi connectivity index (χ1n) is 5.75. The van der Waals surface area contributed by atoms with E-state index in [2.05, 4.69) is 59.9 Å². The number of nitrogens with zero attached hydrogens (tertiary/aromatic N) is 2. The first-order chi connectivity index (χ1) is 8.30. The van der Waals surface area contributed by atoms with Gasteiger partial charge in [0.2, 0.25) is 0 Å². The monoisotopic (exact) mass is 325 g/mol. The molecule has 1 aromatic carbocycles. The summed E-state index contributed by atoms with van der Waals surface area (Å²) in [5, 5.41) is 7.23. The van der Waals surface area contributed by atoms with Crippen molar-refractivity contribution in [2.45, 2.75) is 33.2 Å². The summed E-state index contributed by atoms with van der Waals surface area (Å²) in [6.07, 6.45) is 0. The topological polar surface area (TPSA) is 33.6 Å². The molecule has 0 atom stereocenters. The molecule has 0 fully saturated rings. The molecule has 0 aliphatic rings. The fraction of sp³-hybridized carbons (Fsp3) is 0.385. The van der Waals surface area contributed by atoms with E-state index in [1.54, 1.807) is 0 Å². The van der Waals surface area contributed by atoms with Crippen LogP contribution in [0.25, 0.3) is 11.4 Å². The normalized spacial score (nSPS) is 11.8. The van der Waals surface area contributed by atoms with Gasteiger partial charge < -0.3 is 0 Å². The molecular formula is C13H16BrN3S. The third kappa shape index (κ3) is 2.42. The Morgan fingerprint density at radius 3 is 2.56 bits per heavy atom. The minimum Gasteiger partial charge on any atom is -0.295 e. The number of aromatic amines is 1. The summed E-state index contributed by atoms with van der Waals surface area (Å²) in [6, 6.07) is 6.19. The number of halogens is 1. The van der Waals surface area contributed by atoms with E-state index in [1.165, 1.54) is 5.56 Å². The van der Waals surface area contributed by atoms with Crippen LogP contribution >= 0.6 is 28.1 Å². The van der Waals surface area contributed by atoms with Crippen LogP contribution in [0.1, 0.15) is 26.3 Å². The lowest BCUT2D eigenvalue weighted by molar-refractivity contribution is 0.395. The summed E-state index contributed by atoms with van der Waals surface area (Å²) < 4.78 is 3.80. The van der Waals surface area contributed by atoms with Crippen LogP contribution < -0.4 is 0 Å². The molecule has 0 saturated carbocycles. The standard InChI is InChI=1S/C13H16BrN3S/c1-8-7-9(5-6-10(8)14)11-15-16-12(18)17(11)13(2,3)4/h5-7H,1-4H3,(H,16,18). The second-order valence-electron chi connectivity index (χ2n) is 5.32. The zero-order valence-electron chi connectivity index (χ0n) is 10.9. The Balaban J connectivity index is 2.65. The summed E-state index contributed by atoms with van der Waals surface area (Å²) in [6.45, 7) is 8.42. The molecule has 0 bridgehead atoms. The van der Waals surface area contributed by atoms with Crippen LogP contribution in [0.5, 0.6) is 0 Å². The maximum atomic E-state index is 5.32. The third-order valence-electron chi connectivity index (χ3n) is 2.76. The maximum Gasteiger partial charge on any atom is 0.195 e. The summed E-state index contributed by atoms with van der Waals surface area (Å²) in [5.74, 6) is 0.878. The molecule has 0 aliphatic heterocycles. The zero-order valence-corrected chi connectivity index (χ0v) is 13.3. The number of aromatic nitrogens is 3. The number of aryl methyl sites for hydroxylation is 1. The van der Waals surface area contributed by atoms with Crippen molar-refractivity contribution in [1.29, 1.82) is 0 Å². The van der Waals surface area contributed by atoms with E-state index >= 15 is 0 Å². The number of hydrogen-bond donors (Lipinski definition) is 1. The zero-order chi connectivity index (χ0) is 13.5. The van der Waals surface area contributed by atoms with Gasteiger partial charge in [-0.1, -0.05) is 22.0 Å². The van der Waals surface area contributed by atoms with E-state index in [0.29, 0.717) is 4.77 Å². The molecule has 1 aromatic heterocycles. The molecule has 0 amide bonds. The van der Waals surface area contributed by atoms with Gasteiger partial charge in [0.1, 0.15) is 0 Å². The van der Waals surface area contributed by atoms with Gasteiger partial charge in [0.15, 0.2) is 10.6 Å². The Morgan fingerprint density at radius 2 is 2.00 bits per heavy atom. The quantitative estimate of drug-likeness (QED) is 0.786. The van der Waals surface area contributed by atoms with Crippen molar-refractivity contribution in [1.82, 2.24) is 14.8 Å². The van der Waals surface area contributed by atoms with Crippen LogP contribution in [0, 0.1) is 11.7 Å². The summed E-state index contributed by atoms with van der Waals surface area (Å²) >= 11 is 8.82. The van der Waals surface area contributed by atoms with E-state index in [9.17, 15) is 0 Å². The fourth-order valence-corrected chi connectivity index (χ4v) is 2.55. The second kappa shape index (κ2) is 4.63. The Morgan fingerprint density at radius 1 is 1.33 bits per heavy atom. The van der Waals surface area contributed by atoms with Crippen molar-refractivity contribution in [3.05, 3.63) is 33.0 Å². The highest BCUT2D eigenvalue weighted by atomic mass is 79.9. The van der Waals surface area contributed by atoms with Gasteiger partial charge in [0, 0.05) is 15.6 Å². The maximum absolute atomic E-state index is 5.32. The Bertz CT molecular complexity index is 634. The fourth-order valence-electron chi connectivity index (χ4n) is 1.90. The third-order valence-corrected chi connectivity index (χ3v) is 3.92. The van der Waals surface area contributed by atoms with E-state index in [-0.39, 0.29) is 5.54 Å². The number of nitrogens with one attached hydrogen (secondary N) is 1. The van der Waals surface area contributed by atoms with Crippen molar-refractivity contribution >= 4 is 28.1 Å². The molecule has 0 saturated heterocycles. The van der Waals surface area contributed by atoms with Gasteiger partial charge in [0.05, 0.1) is 0 Å². The first-order valence-corrected chi connectivity index (χ1v) is 6.95. The molecule has 2 rings (SSSR count). The van der Waals surface area contributed by atoms with Gasteiger partial charge in [0.25, 0.3) is 0 Å². The highest BCUT2D eigenvalue weighted by Gasteiger charge is 2.20. The lowest BCUT2D eigenvalue weighted by Gasteiger charge is -2.22. The number of benzene rings is 1. The van der Waals surface area contributed by atoms with Crippen LogP contribution in [0.4, 0.5) is 0 Å². The lowest BCUT2D eigenvalue weighted by atomic mass is 10.1. The predicted octanol–water partition coefficient (Wildman–Crippen LogP) is 4.43. The van der Waals surface area contributed by atoms with Crippen LogP contribution in [0.15, 0.2) is 22.7 Å². The molecule has 5 heteroatoms. The van der Waals surface area contributed by atoms with Crippen molar-refractivity contribution in [2.24, 2.45) is 0 Å². The molecule has 0 aliphatic carbocycles. The Labute approximate surface area is 120 Å². The van der Waals surface area contributed by atoms with Gasteiger partial charge in [-0.05, 0) is 57.6 Å². The van der Waals surface area contributed by atoms with Gasteiger partial charge >= 0.3 is 0 Å². The Kier molecular flexibility index (Phi) is 3.47. The number of hydrogen-bond acceptors (Lipinski definition) is 2. The first kappa shape index (κ1) is 13.5. The molecule has 96 valence electrons. The molecule has 1 heterocycles. The highest BCUT2D eigenvalue weighted by Crippen LogP contribution is 2.27. The van der Waals surface area contributed by atoms with Crippen molar-refractivity contribution in [3.8, 4) is 11.4 Å². The minimum atomic E-state index is -0.0968. The summed E-state index contributed by atoms with van der Waals surface area (Å²) in [4.78, 5) is 0. The van der Waals surface area contributed by atoms with Crippen LogP contribution in [0.3, 0.4) is 0 Å². The van der Waals surface area contributed by atoms with Crippen molar-refractivity contribution in [2.75, 3.05) is 0 Å². The van der Waals surface area contributed by atoms with Crippen molar-refractivity contribution < 1.29 is 0 Å². The Hall–Kier alpha value is -0.940. The van der Waals surface area contributed by atoms with E-state index < -0.39 is 0 Å². The molecule has 0 unspecified atom stereocenters. The van der Waals surface area contributed by atoms with Gasteiger partial charge in [-0.3, -0.25) is 9.67 Å². The number of rotatable bonds is 1. The average molecular weight is 326 g/mol. The van der Waals surface area contributed by atoms with E-state index in [1.807, 2.05) is 16.7 Å². The van der Waals surface area contributed by atoms with Gasteiger partial charge in [-0.15, -0.1) is 0 Å². The second-order valence-corrected chi connectivity index (χ2v) is 6.56. The SMILES string of the molecule is Cc1cc(-c2n[nH]c(=S)n2C(C)(C)C)ccc1Br. The average Bonchev–Trinajstić information content (AvgIpc) is 2.64. The molecule has 18 heavy (non-hydrogen) atoms. The predicted molar refractivity (Wildman–Crippen MR) is 80.3 cm³/mol. The number of H-pyrrole nitrogens is 1. The molecule has 0 spiro atoms. The van der Waals surface area contributed by atoms with Crippen molar-refractivity contribution in [3.63, 3.8) is 0 Å². The highest BCUT2D eigenvalue weighted by molar-refractivity contribution is 9.10. The summed E-state index contributed by atoms with van der Waals surface area (Å²) in [5.41, 5.74) is 2.15. The minimum absolute atomic E-state index is 0.0968. The van der Waals surface area contributed by atoms with Crippen LogP contribution in [-0.2, 0) is 5.54 Å². The van der Waals surface area contributed by atoms with Gasteiger partial charge in [-0.25, -0.2) is 0 Å². The van der Waals surface area contributed by atoms with E-state index in [4.69, 9.17) is 12.2 Å². The van der Waals surface area contributed by atoms with E-state index in [0.717, 1.165) is 15.9 Å². The van der Waals surface area contributed by atoms with Crippen LogP contribution in [0.2, 0.25) is 0 Å². The summed E-state index contributed by atoms with van der Waals surface area (Å²) in [7, 11) is 0. The van der Waals surface area contributed by atoms with Gasteiger partial charge in [-0.2, -0.15) is 5.10 Å².